The Morgan fingerprint density at radius 1 is 1.31 bits per heavy atom. The Kier molecular flexibility index (Phi) is 7.34. The number of methoxy groups -OCH3 is 1. The molecular formula is C12H26N2O2. The van der Waals surface area contributed by atoms with E-state index >= 15 is 0 Å². The fourth-order valence-corrected chi connectivity index (χ4v) is 1.24. The molecule has 1 atom stereocenters. The van der Waals surface area contributed by atoms with Crippen molar-refractivity contribution in [3.05, 3.63) is 0 Å². The predicted molar refractivity (Wildman–Crippen MR) is 66.4 cm³/mol. The maximum absolute atomic E-state index is 11.5. The summed E-state index contributed by atoms with van der Waals surface area (Å²) in [6, 6.07) is 0.372. The zero-order valence-corrected chi connectivity index (χ0v) is 11.2. The Hall–Kier alpha value is -0.610. The van der Waals surface area contributed by atoms with Crippen LogP contribution in [0, 0.1) is 5.41 Å². The second-order valence-corrected chi connectivity index (χ2v) is 5.02. The Morgan fingerprint density at radius 3 is 2.38 bits per heavy atom. The van der Waals surface area contributed by atoms with Crippen molar-refractivity contribution in [2.24, 2.45) is 5.41 Å². The van der Waals surface area contributed by atoms with Gasteiger partial charge in [-0.15, -0.1) is 0 Å². The van der Waals surface area contributed by atoms with Gasteiger partial charge in [0, 0.05) is 31.7 Å². The molecule has 0 saturated carbocycles. The molecule has 0 aromatic rings. The Morgan fingerprint density at radius 2 is 1.94 bits per heavy atom. The first-order valence-electron chi connectivity index (χ1n) is 5.92. The topological polar surface area (TPSA) is 50.4 Å². The molecule has 0 aliphatic rings. The van der Waals surface area contributed by atoms with E-state index in [9.17, 15) is 4.79 Å². The second-order valence-electron chi connectivity index (χ2n) is 5.02. The molecule has 0 bridgehead atoms. The lowest BCUT2D eigenvalue weighted by Crippen LogP contribution is -2.42. The van der Waals surface area contributed by atoms with Gasteiger partial charge in [0.2, 0.25) is 5.91 Å². The highest BCUT2D eigenvalue weighted by molar-refractivity contribution is 5.81. The fraction of sp³-hybridized carbons (Fsp3) is 0.917. The Balaban J connectivity index is 3.63. The van der Waals surface area contributed by atoms with Gasteiger partial charge in [-0.3, -0.25) is 4.79 Å². The minimum Gasteiger partial charge on any atom is -0.383 e. The van der Waals surface area contributed by atoms with Gasteiger partial charge in [-0.05, 0) is 6.42 Å². The molecule has 2 N–H and O–H groups in total. The zero-order valence-electron chi connectivity index (χ0n) is 11.2. The van der Waals surface area contributed by atoms with Crippen LogP contribution in [0.15, 0.2) is 0 Å². The molecule has 0 spiro atoms. The second kappa shape index (κ2) is 7.63. The Bertz CT molecular complexity index is 200. The van der Waals surface area contributed by atoms with Crippen molar-refractivity contribution in [2.75, 3.05) is 26.8 Å². The molecule has 0 aliphatic carbocycles. The van der Waals surface area contributed by atoms with Crippen LogP contribution in [0.2, 0.25) is 0 Å². The molecular weight excluding hydrogens is 204 g/mol. The first-order chi connectivity index (χ1) is 7.41. The van der Waals surface area contributed by atoms with E-state index < -0.39 is 0 Å². The third-order valence-corrected chi connectivity index (χ3v) is 2.39. The summed E-state index contributed by atoms with van der Waals surface area (Å²) in [5.41, 5.74) is -0.309. The SMILES string of the molecule is CCC(COC)NCCNC(=O)C(C)(C)C. The zero-order chi connectivity index (χ0) is 12.6. The standard InChI is InChI=1S/C12H26N2O2/c1-6-10(9-16-5)13-7-8-14-11(15)12(2,3)4/h10,13H,6-9H2,1-5H3,(H,14,15). The van der Waals surface area contributed by atoms with Crippen molar-refractivity contribution < 1.29 is 9.53 Å². The summed E-state index contributed by atoms with van der Waals surface area (Å²) in [5, 5.41) is 6.24. The highest BCUT2D eigenvalue weighted by Crippen LogP contribution is 2.11. The van der Waals surface area contributed by atoms with Crippen LogP contribution in [-0.2, 0) is 9.53 Å². The number of hydrogen-bond donors (Lipinski definition) is 2. The van der Waals surface area contributed by atoms with Crippen molar-refractivity contribution in [3.8, 4) is 0 Å². The number of carbonyl (C=O) groups is 1. The Labute approximate surface area is 99.1 Å². The molecule has 0 aromatic carbocycles. The van der Waals surface area contributed by atoms with Crippen LogP contribution in [0.4, 0.5) is 0 Å². The largest absolute Gasteiger partial charge is 0.383 e. The smallest absolute Gasteiger partial charge is 0.225 e. The minimum atomic E-state index is -0.309. The van der Waals surface area contributed by atoms with E-state index in [-0.39, 0.29) is 11.3 Å². The normalized spacial score (nSPS) is 13.6. The van der Waals surface area contributed by atoms with E-state index in [1.54, 1.807) is 7.11 Å². The van der Waals surface area contributed by atoms with Gasteiger partial charge < -0.3 is 15.4 Å². The van der Waals surface area contributed by atoms with E-state index in [1.165, 1.54) is 0 Å². The molecule has 4 heteroatoms. The molecule has 0 radical (unpaired) electrons. The van der Waals surface area contributed by atoms with Crippen molar-refractivity contribution in [1.82, 2.24) is 10.6 Å². The van der Waals surface area contributed by atoms with Crippen LogP contribution in [0.25, 0.3) is 0 Å². The molecule has 0 heterocycles. The molecule has 96 valence electrons. The van der Waals surface area contributed by atoms with Crippen LogP contribution in [0.1, 0.15) is 34.1 Å². The molecule has 0 aliphatic heterocycles. The molecule has 0 aromatic heterocycles. The van der Waals surface area contributed by atoms with Gasteiger partial charge in [-0.25, -0.2) is 0 Å². The molecule has 0 rings (SSSR count). The summed E-state index contributed by atoms with van der Waals surface area (Å²) in [4.78, 5) is 11.5. The van der Waals surface area contributed by atoms with E-state index in [0.29, 0.717) is 19.2 Å². The summed E-state index contributed by atoms with van der Waals surface area (Å²) in [6.45, 7) is 10.0. The summed E-state index contributed by atoms with van der Waals surface area (Å²) in [6.07, 6.45) is 1.03. The van der Waals surface area contributed by atoms with E-state index in [4.69, 9.17) is 4.74 Å². The number of hydrogen-bond acceptors (Lipinski definition) is 3. The van der Waals surface area contributed by atoms with Crippen molar-refractivity contribution >= 4 is 5.91 Å². The van der Waals surface area contributed by atoms with Crippen LogP contribution in [-0.4, -0.2) is 38.8 Å². The third-order valence-electron chi connectivity index (χ3n) is 2.39. The first-order valence-corrected chi connectivity index (χ1v) is 5.92. The van der Waals surface area contributed by atoms with Crippen LogP contribution in [0.5, 0.6) is 0 Å². The predicted octanol–water partition coefficient (Wildman–Crippen LogP) is 1.16. The highest BCUT2D eigenvalue weighted by atomic mass is 16.5. The number of nitrogens with one attached hydrogen (secondary N) is 2. The molecule has 1 amide bonds. The number of carbonyl (C=O) groups excluding carboxylic acids is 1. The molecule has 1 unspecified atom stereocenters. The monoisotopic (exact) mass is 230 g/mol. The lowest BCUT2D eigenvalue weighted by atomic mass is 9.96. The maximum Gasteiger partial charge on any atom is 0.225 e. The molecule has 16 heavy (non-hydrogen) atoms. The van der Waals surface area contributed by atoms with Crippen LogP contribution in [0.3, 0.4) is 0 Å². The molecule has 0 saturated heterocycles. The number of ether oxygens (including phenoxy) is 1. The quantitative estimate of drug-likeness (QED) is 0.645. The summed E-state index contributed by atoms with van der Waals surface area (Å²) >= 11 is 0. The van der Waals surface area contributed by atoms with Crippen LogP contribution >= 0.6 is 0 Å². The van der Waals surface area contributed by atoms with Crippen molar-refractivity contribution in [3.63, 3.8) is 0 Å². The van der Waals surface area contributed by atoms with E-state index in [1.807, 2.05) is 20.8 Å². The van der Waals surface area contributed by atoms with Gasteiger partial charge in [-0.1, -0.05) is 27.7 Å². The molecule has 0 fully saturated rings. The van der Waals surface area contributed by atoms with Gasteiger partial charge in [0.05, 0.1) is 6.61 Å². The third kappa shape index (κ3) is 6.80. The highest BCUT2D eigenvalue weighted by Gasteiger charge is 2.20. The fourth-order valence-electron chi connectivity index (χ4n) is 1.24. The van der Waals surface area contributed by atoms with E-state index in [0.717, 1.165) is 13.0 Å². The van der Waals surface area contributed by atoms with Gasteiger partial charge in [0.25, 0.3) is 0 Å². The van der Waals surface area contributed by atoms with Gasteiger partial charge in [0.1, 0.15) is 0 Å². The molecule has 4 nitrogen and oxygen atoms in total. The lowest BCUT2D eigenvalue weighted by molar-refractivity contribution is -0.128. The number of rotatable bonds is 7. The number of amides is 1. The van der Waals surface area contributed by atoms with Gasteiger partial charge >= 0.3 is 0 Å². The summed E-state index contributed by atoms with van der Waals surface area (Å²) in [5.74, 6) is 0.0917. The van der Waals surface area contributed by atoms with Gasteiger partial charge in [-0.2, -0.15) is 0 Å². The van der Waals surface area contributed by atoms with Crippen molar-refractivity contribution in [2.45, 2.75) is 40.2 Å². The maximum atomic E-state index is 11.5. The minimum absolute atomic E-state index is 0.0917. The van der Waals surface area contributed by atoms with Gasteiger partial charge in [0.15, 0.2) is 0 Å². The first kappa shape index (κ1) is 15.4. The average Bonchev–Trinajstić information content (AvgIpc) is 2.20. The van der Waals surface area contributed by atoms with E-state index in [2.05, 4.69) is 17.6 Å². The average molecular weight is 230 g/mol. The van der Waals surface area contributed by atoms with Crippen molar-refractivity contribution in [1.29, 1.82) is 0 Å². The van der Waals surface area contributed by atoms with Crippen LogP contribution < -0.4 is 10.6 Å². The lowest BCUT2D eigenvalue weighted by Gasteiger charge is -2.19. The summed E-state index contributed by atoms with van der Waals surface area (Å²) in [7, 11) is 1.70. The summed E-state index contributed by atoms with van der Waals surface area (Å²) < 4.78 is 5.08.